The number of nitrogens with one attached hydrogen (secondary N) is 1. The molecule has 0 aliphatic rings. The number of halogens is 1. The first-order valence-electron chi connectivity index (χ1n) is 7.56. The van der Waals surface area contributed by atoms with E-state index in [1.165, 1.54) is 24.4 Å². The van der Waals surface area contributed by atoms with Gasteiger partial charge in [-0.05, 0) is 23.8 Å². The number of hydrogen-bond acceptors (Lipinski definition) is 5. The van der Waals surface area contributed by atoms with Crippen LogP contribution in [0.25, 0.3) is 11.4 Å². The third-order valence-corrected chi connectivity index (χ3v) is 3.60. The minimum absolute atomic E-state index is 0.197. The van der Waals surface area contributed by atoms with Crippen molar-refractivity contribution in [3.63, 3.8) is 0 Å². The molecule has 128 valence electrons. The second-order valence-electron chi connectivity index (χ2n) is 5.55. The van der Waals surface area contributed by atoms with Gasteiger partial charge in [0.25, 0.3) is 0 Å². The van der Waals surface area contributed by atoms with Gasteiger partial charge in [0.2, 0.25) is 5.91 Å². The summed E-state index contributed by atoms with van der Waals surface area (Å²) in [6, 6.07) is 7.25. The van der Waals surface area contributed by atoms with E-state index in [-0.39, 0.29) is 6.42 Å². The second-order valence-corrected chi connectivity index (χ2v) is 5.55. The standard InChI is InChI=1S/C17H16FN5O2/c1-23-10-20-22-17(23)12-6-14(9-19-8-12)21-16(25)7-15(24)11-3-2-4-13(18)5-11/h2-6,8-10,15,24H,7H2,1H3,(H,21,25). The van der Waals surface area contributed by atoms with Gasteiger partial charge in [-0.2, -0.15) is 0 Å². The molecule has 25 heavy (non-hydrogen) atoms. The maximum Gasteiger partial charge on any atom is 0.227 e. The van der Waals surface area contributed by atoms with Crippen LogP contribution in [0.1, 0.15) is 18.1 Å². The predicted octanol–water partition coefficient (Wildman–Crippen LogP) is 2.08. The molecule has 0 aliphatic carbocycles. The fourth-order valence-corrected chi connectivity index (χ4v) is 2.39. The van der Waals surface area contributed by atoms with Gasteiger partial charge >= 0.3 is 0 Å². The first kappa shape index (κ1) is 16.7. The van der Waals surface area contributed by atoms with E-state index >= 15 is 0 Å². The van der Waals surface area contributed by atoms with Crippen LogP contribution in [0, 0.1) is 5.82 Å². The number of aryl methyl sites for hydroxylation is 1. The molecule has 1 unspecified atom stereocenters. The molecule has 7 nitrogen and oxygen atoms in total. The average molecular weight is 341 g/mol. The third kappa shape index (κ3) is 4.04. The van der Waals surface area contributed by atoms with Crippen molar-refractivity contribution in [1.82, 2.24) is 19.7 Å². The lowest BCUT2D eigenvalue weighted by Crippen LogP contribution is -2.15. The molecular formula is C17H16FN5O2. The monoisotopic (exact) mass is 341 g/mol. The number of anilines is 1. The van der Waals surface area contributed by atoms with Crippen LogP contribution in [-0.4, -0.2) is 30.8 Å². The SMILES string of the molecule is Cn1cnnc1-c1cncc(NC(=O)CC(O)c2cccc(F)c2)c1. The summed E-state index contributed by atoms with van der Waals surface area (Å²) in [4.78, 5) is 16.2. The molecule has 0 saturated heterocycles. The number of carbonyl (C=O) groups is 1. The summed E-state index contributed by atoms with van der Waals surface area (Å²) in [7, 11) is 1.80. The Labute approximate surface area is 143 Å². The van der Waals surface area contributed by atoms with Crippen molar-refractivity contribution < 1.29 is 14.3 Å². The lowest BCUT2D eigenvalue weighted by atomic mass is 10.1. The van der Waals surface area contributed by atoms with Crippen molar-refractivity contribution >= 4 is 11.6 Å². The van der Waals surface area contributed by atoms with Crippen LogP contribution in [0.2, 0.25) is 0 Å². The summed E-state index contributed by atoms with van der Waals surface area (Å²) in [6.07, 6.45) is 3.38. The zero-order chi connectivity index (χ0) is 17.8. The maximum absolute atomic E-state index is 13.2. The molecule has 2 N–H and O–H groups in total. The molecule has 0 bridgehead atoms. The summed E-state index contributed by atoms with van der Waals surface area (Å²) in [5, 5.41) is 20.5. The topological polar surface area (TPSA) is 92.9 Å². The number of carbonyl (C=O) groups excluding carboxylic acids is 1. The van der Waals surface area contributed by atoms with E-state index in [1.54, 1.807) is 36.3 Å². The van der Waals surface area contributed by atoms with Crippen molar-refractivity contribution in [2.75, 3.05) is 5.32 Å². The summed E-state index contributed by atoms with van der Waals surface area (Å²) in [5.74, 6) is -0.255. The van der Waals surface area contributed by atoms with Gasteiger partial charge in [0.05, 0.1) is 24.4 Å². The number of hydrogen-bond donors (Lipinski definition) is 2. The predicted molar refractivity (Wildman–Crippen MR) is 88.8 cm³/mol. The summed E-state index contributed by atoms with van der Waals surface area (Å²) < 4.78 is 14.9. The van der Waals surface area contributed by atoms with E-state index < -0.39 is 17.8 Å². The van der Waals surface area contributed by atoms with Gasteiger partial charge < -0.3 is 15.0 Å². The van der Waals surface area contributed by atoms with Crippen LogP contribution in [-0.2, 0) is 11.8 Å². The van der Waals surface area contributed by atoms with Crippen LogP contribution in [0.15, 0.2) is 49.1 Å². The highest BCUT2D eigenvalue weighted by molar-refractivity contribution is 5.91. The minimum Gasteiger partial charge on any atom is -0.388 e. The number of aliphatic hydroxyl groups is 1. The fraction of sp³-hybridized carbons (Fsp3) is 0.176. The zero-order valence-corrected chi connectivity index (χ0v) is 13.4. The average Bonchev–Trinajstić information content (AvgIpc) is 3.01. The molecule has 1 amide bonds. The number of aliphatic hydroxyl groups excluding tert-OH is 1. The number of benzene rings is 1. The Kier molecular flexibility index (Phi) is 4.80. The molecule has 8 heteroatoms. The first-order valence-corrected chi connectivity index (χ1v) is 7.56. The Morgan fingerprint density at radius 1 is 1.36 bits per heavy atom. The van der Waals surface area contributed by atoms with Crippen LogP contribution in [0.3, 0.4) is 0 Å². The molecule has 3 rings (SSSR count). The highest BCUT2D eigenvalue weighted by Gasteiger charge is 2.14. The molecule has 0 aliphatic heterocycles. The molecule has 0 spiro atoms. The third-order valence-electron chi connectivity index (χ3n) is 3.60. The molecule has 1 aromatic carbocycles. The van der Waals surface area contributed by atoms with Gasteiger partial charge in [-0.3, -0.25) is 9.78 Å². The highest BCUT2D eigenvalue weighted by atomic mass is 19.1. The summed E-state index contributed by atoms with van der Waals surface area (Å²) >= 11 is 0. The highest BCUT2D eigenvalue weighted by Crippen LogP contribution is 2.21. The van der Waals surface area contributed by atoms with E-state index in [1.807, 2.05) is 0 Å². The number of nitrogens with zero attached hydrogens (tertiary/aromatic N) is 4. The summed E-state index contributed by atoms with van der Waals surface area (Å²) in [5.41, 5.74) is 1.52. The fourth-order valence-electron chi connectivity index (χ4n) is 2.39. The Balaban J connectivity index is 1.68. The van der Waals surface area contributed by atoms with Gasteiger partial charge in [0, 0.05) is 18.8 Å². The maximum atomic E-state index is 13.2. The second kappa shape index (κ2) is 7.18. The Bertz CT molecular complexity index is 896. The number of amides is 1. The first-order chi connectivity index (χ1) is 12.0. The van der Waals surface area contributed by atoms with Gasteiger partial charge in [0.1, 0.15) is 12.1 Å². The van der Waals surface area contributed by atoms with Gasteiger partial charge in [-0.15, -0.1) is 10.2 Å². The van der Waals surface area contributed by atoms with E-state index in [0.29, 0.717) is 22.6 Å². The Morgan fingerprint density at radius 2 is 2.20 bits per heavy atom. The molecule has 0 fully saturated rings. The molecule has 2 heterocycles. The quantitative estimate of drug-likeness (QED) is 0.741. The number of pyridine rings is 1. The Morgan fingerprint density at radius 3 is 2.92 bits per heavy atom. The van der Waals surface area contributed by atoms with Crippen LogP contribution in [0.5, 0.6) is 0 Å². The van der Waals surface area contributed by atoms with E-state index in [0.717, 1.165) is 0 Å². The summed E-state index contributed by atoms with van der Waals surface area (Å²) in [6.45, 7) is 0. The van der Waals surface area contributed by atoms with Crippen molar-refractivity contribution in [2.45, 2.75) is 12.5 Å². The zero-order valence-electron chi connectivity index (χ0n) is 13.4. The van der Waals surface area contributed by atoms with Crippen molar-refractivity contribution in [3.05, 3.63) is 60.4 Å². The van der Waals surface area contributed by atoms with E-state index in [9.17, 15) is 14.3 Å². The van der Waals surface area contributed by atoms with Crippen molar-refractivity contribution in [2.24, 2.45) is 7.05 Å². The lowest BCUT2D eigenvalue weighted by molar-refractivity contribution is -0.118. The molecule has 0 saturated carbocycles. The molecular weight excluding hydrogens is 325 g/mol. The van der Waals surface area contributed by atoms with Crippen LogP contribution >= 0.6 is 0 Å². The van der Waals surface area contributed by atoms with E-state index in [2.05, 4.69) is 20.5 Å². The van der Waals surface area contributed by atoms with Gasteiger partial charge in [-0.1, -0.05) is 12.1 Å². The van der Waals surface area contributed by atoms with Gasteiger partial charge in [-0.25, -0.2) is 4.39 Å². The molecule has 3 aromatic rings. The largest absolute Gasteiger partial charge is 0.388 e. The number of aromatic nitrogens is 4. The van der Waals surface area contributed by atoms with Crippen LogP contribution < -0.4 is 5.32 Å². The number of rotatable bonds is 5. The van der Waals surface area contributed by atoms with Gasteiger partial charge in [0.15, 0.2) is 5.82 Å². The molecule has 1 atom stereocenters. The minimum atomic E-state index is -1.09. The van der Waals surface area contributed by atoms with Crippen LogP contribution in [0.4, 0.5) is 10.1 Å². The smallest absolute Gasteiger partial charge is 0.227 e. The molecule has 0 radical (unpaired) electrons. The van der Waals surface area contributed by atoms with Crippen molar-refractivity contribution in [3.8, 4) is 11.4 Å². The van der Waals surface area contributed by atoms with Crippen molar-refractivity contribution in [1.29, 1.82) is 0 Å². The van der Waals surface area contributed by atoms with E-state index in [4.69, 9.17) is 0 Å². The lowest BCUT2D eigenvalue weighted by Gasteiger charge is -2.11. The molecule has 2 aromatic heterocycles. The normalized spacial score (nSPS) is 12.0. The Hall–Kier alpha value is -3.13.